The number of benzene rings is 1. The molecule has 0 bridgehead atoms. The Morgan fingerprint density at radius 1 is 1.16 bits per heavy atom. The standard InChI is InChI=1S/C14H19ClF3N/c1-9(2)4-5-10(3)19-11-6-7-13(15)12(8-11)14(16,17)18/h6-10,19H,4-5H2,1-3H3. The normalized spacial score (nSPS) is 13.7. The van der Waals surface area contributed by atoms with Gasteiger partial charge >= 0.3 is 6.18 Å². The second-order valence-electron chi connectivity index (χ2n) is 5.21. The summed E-state index contributed by atoms with van der Waals surface area (Å²) in [5.41, 5.74) is -0.344. The van der Waals surface area contributed by atoms with Crippen LogP contribution < -0.4 is 5.32 Å². The highest BCUT2D eigenvalue weighted by atomic mass is 35.5. The molecular weight excluding hydrogens is 275 g/mol. The summed E-state index contributed by atoms with van der Waals surface area (Å²) in [5, 5.41) is 2.81. The van der Waals surface area contributed by atoms with Crippen molar-refractivity contribution in [3.05, 3.63) is 28.8 Å². The first kappa shape index (κ1) is 16.2. The first-order valence-corrected chi connectivity index (χ1v) is 6.71. The van der Waals surface area contributed by atoms with E-state index < -0.39 is 11.7 Å². The van der Waals surface area contributed by atoms with Gasteiger partial charge < -0.3 is 5.32 Å². The lowest BCUT2D eigenvalue weighted by molar-refractivity contribution is -0.137. The number of hydrogen-bond donors (Lipinski definition) is 1. The van der Waals surface area contributed by atoms with Crippen molar-refractivity contribution in [3.63, 3.8) is 0 Å². The summed E-state index contributed by atoms with van der Waals surface area (Å²) in [6, 6.07) is 4.05. The van der Waals surface area contributed by atoms with Gasteiger partial charge in [-0.2, -0.15) is 13.2 Å². The molecule has 0 aliphatic rings. The van der Waals surface area contributed by atoms with Crippen LogP contribution in [0.4, 0.5) is 18.9 Å². The van der Waals surface area contributed by atoms with Gasteiger partial charge in [-0.3, -0.25) is 0 Å². The van der Waals surface area contributed by atoms with E-state index in [9.17, 15) is 13.2 Å². The average Bonchev–Trinajstić information content (AvgIpc) is 2.27. The minimum atomic E-state index is -4.42. The van der Waals surface area contributed by atoms with Crippen LogP contribution in [0.1, 0.15) is 39.2 Å². The van der Waals surface area contributed by atoms with E-state index in [1.54, 1.807) is 6.07 Å². The summed E-state index contributed by atoms with van der Waals surface area (Å²) in [7, 11) is 0. The zero-order chi connectivity index (χ0) is 14.6. The van der Waals surface area contributed by atoms with E-state index in [1.165, 1.54) is 6.07 Å². The molecule has 1 nitrogen and oxygen atoms in total. The van der Waals surface area contributed by atoms with Gasteiger partial charge in [-0.25, -0.2) is 0 Å². The zero-order valence-corrected chi connectivity index (χ0v) is 12.1. The topological polar surface area (TPSA) is 12.0 Å². The van der Waals surface area contributed by atoms with Gasteiger partial charge in [0.1, 0.15) is 0 Å². The van der Waals surface area contributed by atoms with E-state index in [2.05, 4.69) is 19.2 Å². The Morgan fingerprint density at radius 2 is 1.79 bits per heavy atom. The van der Waals surface area contributed by atoms with Crippen molar-refractivity contribution in [1.82, 2.24) is 0 Å². The highest BCUT2D eigenvalue weighted by Gasteiger charge is 2.33. The van der Waals surface area contributed by atoms with Crippen LogP contribution in [0.2, 0.25) is 5.02 Å². The first-order chi connectivity index (χ1) is 8.70. The van der Waals surface area contributed by atoms with Gasteiger partial charge in [-0.15, -0.1) is 0 Å². The first-order valence-electron chi connectivity index (χ1n) is 6.33. The lowest BCUT2D eigenvalue weighted by Gasteiger charge is -2.18. The molecule has 108 valence electrons. The van der Waals surface area contributed by atoms with Crippen molar-refractivity contribution >= 4 is 17.3 Å². The van der Waals surface area contributed by atoms with Crippen LogP contribution in [0.25, 0.3) is 0 Å². The molecule has 0 saturated carbocycles. The molecule has 0 aromatic heterocycles. The molecule has 1 aromatic carbocycles. The molecule has 19 heavy (non-hydrogen) atoms. The second kappa shape index (κ2) is 6.51. The fourth-order valence-electron chi connectivity index (χ4n) is 1.77. The van der Waals surface area contributed by atoms with Crippen molar-refractivity contribution in [1.29, 1.82) is 0 Å². The Morgan fingerprint density at radius 3 is 2.32 bits per heavy atom. The van der Waals surface area contributed by atoms with Crippen LogP contribution in [0.3, 0.4) is 0 Å². The van der Waals surface area contributed by atoms with E-state index in [0.29, 0.717) is 11.6 Å². The molecule has 0 saturated heterocycles. The molecule has 1 atom stereocenters. The van der Waals surface area contributed by atoms with Crippen LogP contribution in [-0.2, 0) is 6.18 Å². The fraction of sp³-hybridized carbons (Fsp3) is 0.571. The van der Waals surface area contributed by atoms with Gasteiger partial charge in [-0.1, -0.05) is 25.4 Å². The Balaban J connectivity index is 2.75. The Bertz CT molecular complexity index is 416. The van der Waals surface area contributed by atoms with Crippen LogP contribution in [0, 0.1) is 5.92 Å². The molecule has 1 N–H and O–H groups in total. The lowest BCUT2D eigenvalue weighted by atomic mass is 10.0. The fourth-order valence-corrected chi connectivity index (χ4v) is 2.00. The number of alkyl halides is 3. The van der Waals surface area contributed by atoms with E-state index in [4.69, 9.17) is 11.6 Å². The Labute approximate surface area is 117 Å². The Hall–Kier alpha value is -0.900. The minimum Gasteiger partial charge on any atom is -0.383 e. The van der Waals surface area contributed by atoms with Gasteiger partial charge in [0, 0.05) is 11.7 Å². The predicted octanol–water partition coefficient (Wildman–Crippen LogP) is 5.60. The molecule has 0 amide bonds. The molecule has 1 aromatic rings. The maximum Gasteiger partial charge on any atom is 0.417 e. The van der Waals surface area contributed by atoms with Crippen LogP contribution >= 0.6 is 11.6 Å². The quantitative estimate of drug-likeness (QED) is 0.745. The molecule has 5 heteroatoms. The number of halogens is 4. The molecule has 1 unspecified atom stereocenters. The van der Waals surface area contributed by atoms with Crippen molar-refractivity contribution in [2.45, 2.75) is 45.8 Å². The molecule has 0 spiro atoms. The third-order valence-corrected chi connectivity index (χ3v) is 3.19. The van der Waals surface area contributed by atoms with Gasteiger partial charge in [0.25, 0.3) is 0 Å². The summed E-state index contributed by atoms with van der Waals surface area (Å²) < 4.78 is 38.1. The third kappa shape index (κ3) is 5.31. The zero-order valence-electron chi connectivity index (χ0n) is 11.3. The lowest BCUT2D eigenvalue weighted by Crippen LogP contribution is -2.16. The third-order valence-electron chi connectivity index (χ3n) is 2.86. The van der Waals surface area contributed by atoms with E-state index >= 15 is 0 Å². The molecule has 0 aliphatic heterocycles. The highest BCUT2D eigenvalue weighted by molar-refractivity contribution is 6.31. The number of rotatable bonds is 5. The number of hydrogen-bond acceptors (Lipinski definition) is 1. The van der Waals surface area contributed by atoms with Gasteiger partial charge in [0.2, 0.25) is 0 Å². The molecular formula is C14H19ClF3N. The van der Waals surface area contributed by atoms with E-state index in [1.807, 2.05) is 6.92 Å². The summed E-state index contributed by atoms with van der Waals surface area (Å²) in [6.07, 6.45) is -2.47. The van der Waals surface area contributed by atoms with Gasteiger partial charge in [0.15, 0.2) is 0 Å². The average molecular weight is 294 g/mol. The molecule has 0 heterocycles. The second-order valence-corrected chi connectivity index (χ2v) is 5.62. The van der Waals surface area contributed by atoms with Crippen LogP contribution in [0.15, 0.2) is 18.2 Å². The van der Waals surface area contributed by atoms with Crippen molar-refractivity contribution in [2.75, 3.05) is 5.32 Å². The smallest absolute Gasteiger partial charge is 0.383 e. The molecule has 1 rings (SSSR count). The Kier molecular flexibility index (Phi) is 5.53. The summed E-state index contributed by atoms with van der Waals surface area (Å²) in [5.74, 6) is 0.584. The van der Waals surface area contributed by atoms with E-state index in [0.717, 1.165) is 18.9 Å². The minimum absolute atomic E-state index is 0.129. The number of anilines is 1. The number of nitrogens with one attached hydrogen (secondary N) is 1. The SMILES string of the molecule is CC(C)CCC(C)Nc1ccc(Cl)c(C(F)(F)F)c1. The van der Waals surface area contributed by atoms with Crippen molar-refractivity contribution < 1.29 is 13.2 Å². The monoisotopic (exact) mass is 293 g/mol. The molecule has 0 radical (unpaired) electrons. The maximum atomic E-state index is 12.7. The largest absolute Gasteiger partial charge is 0.417 e. The predicted molar refractivity (Wildman–Crippen MR) is 73.6 cm³/mol. The molecule has 0 aliphatic carbocycles. The summed E-state index contributed by atoms with van der Waals surface area (Å²) >= 11 is 5.57. The van der Waals surface area contributed by atoms with Crippen LogP contribution in [-0.4, -0.2) is 6.04 Å². The highest BCUT2D eigenvalue weighted by Crippen LogP contribution is 2.36. The van der Waals surface area contributed by atoms with E-state index in [-0.39, 0.29) is 11.1 Å². The van der Waals surface area contributed by atoms with Crippen LogP contribution in [0.5, 0.6) is 0 Å². The van der Waals surface area contributed by atoms with Crippen molar-refractivity contribution in [3.8, 4) is 0 Å². The van der Waals surface area contributed by atoms with Gasteiger partial charge in [-0.05, 0) is 43.9 Å². The van der Waals surface area contributed by atoms with Crippen molar-refractivity contribution in [2.24, 2.45) is 5.92 Å². The van der Waals surface area contributed by atoms with Gasteiger partial charge in [0.05, 0.1) is 10.6 Å². The summed E-state index contributed by atoms with van der Waals surface area (Å²) in [4.78, 5) is 0. The summed E-state index contributed by atoms with van der Waals surface area (Å²) in [6.45, 7) is 6.21. The maximum absolute atomic E-state index is 12.7. The molecule has 0 fully saturated rings.